The molecule has 0 aliphatic heterocycles. The van der Waals surface area contributed by atoms with E-state index in [1.54, 1.807) is 38.3 Å². The smallest absolute Gasteiger partial charge is 0.341 e. The summed E-state index contributed by atoms with van der Waals surface area (Å²) >= 11 is 1.31. The Labute approximate surface area is 174 Å². The number of benzene rings is 2. The number of thiophene rings is 1. The average Bonchev–Trinajstić information content (AvgIpc) is 3.11. The van der Waals surface area contributed by atoms with Gasteiger partial charge >= 0.3 is 5.97 Å². The number of ether oxygens (including phenoxy) is 2. The third kappa shape index (κ3) is 4.49. The Bertz CT molecular complexity index is 1040. The number of amides is 1. The second kappa shape index (κ2) is 8.92. The lowest BCUT2D eigenvalue weighted by Crippen LogP contribution is -2.14. The summed E-state index contributed by atoms with van der Waals surface area (Å²) in [7, 11) is 1.57. The van der Waals surface area contributed by atoms with E-state index in [1.807, 2.05) is 31.4 Å². The normalized spacial score (nSPS) is 10.5. The summed E-state index contributed by atoms with van der Waals surface area (Å²) in [5.41, 5.74) is 4.76. The molecule has 0 fully saturated rings. The zero-order valence-corrected chi connectivity index (χ0v) is 17.7. The Morgan fingerprint density at radius 3 is 2.38 bits per heavy atom. The van der Waals surface area contributed by atoms with Gasteiger partial charge in [0, 0.05) is 16.5 Å². The molecule has 0 radical (unpaired) electrons. The number of carbonyl (C=O) groups excluding carboxylic acids is 2. The highest BCUT2D eigenvalue weighted by Gasteiger charge is 2.24. The maximum atomic E-state index is 12.7. The molecule has 1 heterocycles. The van der Waals surface area contributed by atoms with Crippen LogP contribution < -0.4 is 10.1 Å². The molecule has 0 unspecified atom stereocenters. The van der Waals surface area contributed by atoms with Crippen LogP contribution in [-0.2, 0) is 4.74 Å². The molecule has 5 nitrogen and oxygen atoms in total. The van der Waals surface area contributed by atoms with Gasteiger partial charge in [-0.1, -0.05) is 23.8 Å². The van der Waals surface area contributed by atoms with Crippen LogP contribution in [0.1, 0.15) is 38.8 Å². The molecular formula is C23H23NO4S. The third-order valence-electron chi connectivity index (χ3n) is 4.52. The van der Waals surface area contributed by atoms with E-state index < -0.39 is 5.97 Å². The fourth-order valence-electron chi connectivity index (χ4n) is 3.09. The molecule has 6 heteroatoms. The molecule has 3 rings (SSSR count). The lowest BCUT2D eigenvalue weighted by molar-refractivity contribution is 0.0529. The van der Waals surface area contributed by atoms with Gasteiger partial charge in [-0.25, -0.2) is 4.79 Å². The molecule has 2 aromatic carbocycles. The summed E-state index contributed by atoms with van der Waals surface area (Å²) in [5.74, 6) is -0.0806. The van der Waals surface area contributed by atoms with Crippen molar-refractivity contribution in [3.05, 3.63) is 70.1 Å². The van der Waals surface area contributed by atoms with Crippen molar-refractivity contribution >= 4 is 28.2 Å². The minimum atomic E-state index is -0.450. The zero-order chi connectivity index (χ0) is 21.0. The molecule has 0 bridgehead atoms. The Hall–Kier alpha value is -3.12. The first-order chi connectivity index (χ1) is 13.9. The number of methoxy groups -OCH3 is 1. The molecular weight excluding hydrogens is 386 g/mol. The fraction of sp³-hybridized carbons (Fsp3) is 0.217. The number of anilines is 1. The van der Waals surface area contributed by atoms with Crippen molar-refractivity contribution in [2.75, 3.05) is 19.0 Å². The van der Waals surface area contributed by atoms with Crippen molar-refractivity contribution in [3.8, 4) is 16.9 Å². The van der Waals surface area contributed by atoms with Crippen LogP contribution in [0.4, 0.5) is 5.00 Å². The Morgan fingerprint density at radius 1 is 1.03 bits per heavy atom. The zero-order valence-electron chi connectivity index (χ0n) is 16.9. The first kappa shape index (κ1) is 20.6. The van der Waals surface area contributed by atoms with E-state index in [4.69, 9.17) is 9.47 Å². The van der Waals surface area contributed by atoms with Crippen molar-refractivity contribution in [1.29, 1.82) is 0 Å². The minimum Gasteiger partial charge on any atom is -0.497 e. The van der Waals surface area contributed by atoms with E-state index in [0.29, 0.717) is 21.9 Å². The summed E-state index contributed by atoms with van der Waals surface area (Å²) in [4.78, 5) is 25.4. The van der Waals surface area contributed by atoms with Crippen LogP contribution in [0, 0.1) is 13.8 Å². The van der Waals surface area contributed by atoms with Gasteiger partial charge in [-0.15, -0.1) is 11.3 Å². The van der Waals surface area contributed by atoms with E-state index in [9.17, 15) is 9.59 Å². The van der Waals surface area contributed by atoms with Gasteiger partial charge in [-0.3, -0.25) is 4.79 Å². The predicted octanol–water partition coefficient (Wildman–Crippen LogP) is 5.47. The molecule has 150 valence electrons. The van der Waals surface area contributed by atoms with Gasteiger partial charge in [-0.2, -0.15) is 0 Å². The summed E-state index contributed by atoms with van der Waals surface area (Å²) < 4.78 is 10.4. The number of hydrogen-bond donors (Lipinski definition) is 1. The summed E-state index contributed by atoms with van der Waals surface area (Å²) in [6.07, 6.45) is 0. The highest BCUT2D eigenvalue weighted by atomic mass is 32.1. The van der Waals surface area contributed by atoms with E-state index >= 15 is 0 Å². The minimum absolute atomic E-state index is 0.257. The van der Waals surface area contributed by atoms with Crippen LogP contribution in [-0.4, -0.2) is 25.6 Å². The number of carbonyl (C=O) groups is 2. The largest absolute Gasteiger partial charge is 0.497 e. The van der Waals surface area contributed by atoms with Crippen LogP contribution in [0.3, 0.4) is 0 Å². The molecule has 0 saturated carbocycles. The molecule has 1 amide bonds. The maximum Gasteiger partial charge on any atom is 0.341 e. The topological polar surface area (TPSA) is 64.6 Å². The van der Waals surface area contributed by atoms with Gasteiger partial charge in [0.05, 0.1) is 13.7 Å². The number of rotatable bonds is 6. The van der Waals surface area contributed by atoms with E-state index in [1.165, 1.54) is 11.3 Å². The fourth-order valence-corrected chi connectivity index (χ4v) is 4.03. The standard InChI is InChI=1S/C23H23NO4S/c1-5-28-23(26)20-19(18-11-6-14(2)12-15(18)3)13-29-22(20)24-21(25)16-7-9-17(27-4)10-8-16/h6-13H,5H2,1-4H3,(H,24,25). The molecule has 0 spiro atoms. The van der Waals surface area contributed by atoms with Crippen LogP contribution in [0.15, 0.2) is 47.8 Å². The molecule has 1 N–H and O–H groups in total. The van der Waals surface area contributed by atoms with Gasteiger partial charge < -0.3 is 14.8 Å². The van der Waals surface area contributed by atoms with Crippen LogP contribution in [0.2, 0.25) is 0 Å². The molecule has 0 aliphatic carbocycles. The van der Waals surface area contributed by atoms with E-state index in [-0.39, 0.29) is 12.5 Å². The Morgan fingerprint density at radius 2 is 1.76 bits per heavy atom. The average molecular weight is 410 g/mol. The molecule has 0 atom stereocenters. The SMILES string of the molecule is CCOC(=O)c1c(-c2ccc(C)cc2C)csc1NC(=O)c1ccc(OC)cc1. The second-order valence-electron chi connectivity index (χ2n) is 6.57. The first-order valence-corrected chi connectivity index (χ1v) is 10.1. The van der Waals surface area contributed by atoms with Crippen molar-refractivity contribution in [1.82, 2.24) is 0 Å². The van der Waals surface area contributed by atoms with Crippen molar-refractivity contribution in [2.45, 2.75) is 20.8 Å². The number of esters is 1. The Kier molecular flexibility index (Phi) is 6.34. The molecule has 3 aromatic rings. The number of hydrogen-bond acceptors (Lipinski definition) is 5. The molecule has 1 aromatic heterocycles. The number of aryl methyl sites for hydroxylation is 2. The predicted molar refractivity (Wildman–Crippen MR) is 116 cm³/mol. The maximum absolute atomic E-state index is 12.7. The third-order valence-corrected chi connectivity index (χ3v) is 5.42. The van der Waals surface area contributed by atoms with Gasteiger partial charge in [0.15, 0.2) is 0 Å². The van der Waals surface area contributed by atoms with Crippen LogP contribution in [0.25, 0.3) is 11.1 Å². The quantitative estimate of drug-likeness (QED) is 0.548. The molecule has 0 aliphatic rings. The Balaban J connectivity index is 1.98. The van der Waals surface area contributed by atoms with Crippen molar-refractivity contribution in [3.63, 3.8) is 0 Å². The molecule has 29 heavy (non-hydrogen) atoms. The summed E-state index contributed by atoms with van der Waals surface area (Å²) in [6, 6.07) is 12.9. The van der Waals surface area contributed by atoms with Gasteiger partial charge in [0.1, 0.15) is 16.3 Å². The van der Waals surface area contributed by atoms with E-state index in [0.717, 1.165) is 22.3 Å². The monoisotopic (exact) mass is 409 g/mol. The highest BCUT2D eigenvalue weighted by molar-refractivity contribution is 7.15. The van der Waals surface area contributed by atoms with Crippen molar-refractivity contribution < 1.29 is 19.1 Å². The van der Waals surface area contributed by atoms with E-state index in [2.05, 4.69) is 11.4 Å². The van der Waals surface area contributed by atoms with Crippen LogP contribution in [0.5, 0.6) is 5.75 Å². The highest BCUT2D eigenvalue weighted by Crippen LogP contribution is 2.38. The lowest BCUT2D eigenvalue weighted by atomic mass is 9.97. The summed E-state index contributed by atoms with van der Waals surface area (Å²) in [6.45, 7) is 6.05. The van der Waals surface area contributed by atoms with Crippen LogP contribution >= 0.6 is 11.3 Å². The molecule has 0 saturated heterocycles. The summed E-state index contributed by atoms with van der Waals surface area (Å²) in [5, 5.41) is 5.22. The second-order valence-corrected chi connectivity index (χ2v) is 7.45. The van der Waals surface area contributed by atoms with Gasteiger partial charge in [0.2, 0.25) is 0 Å². The number of nitrogens with one attached hydrogen (secondary N) is 1. The first-order valence-electron chi connectivity index (χ1n) is 9.26. The van der Waals surface area contributed by atoms with Gasteiger partial charge in [0.25, 0.3) is 5.91 Å². The van der Waals surface area contributed by atoms with Crippen molar-refractivity contribution in [2.24, 2.45) is 0 Å². The lowest BCUT2D eigenvalue weighted by Gasteiger charge is -2.11. The van der Waals surface area contributed by atoms with Gasteiger partial charge in [-0.05, 0) is 56.2 Å².